The van der Waals surface area contributed by atoms with E-state index in [1.54, 1.807) is 13.3 Å². The van der Waals surface area contributed by atoms with Crippen molar-refractivity contribution in [2.45, 2.75) is 13.0 Å². The van der Waals surface area contributed by atoms with Gasteiger partial charge in [-0.2, -0.15) is 0 Å². The molecule has 0 saturated heterocycles. The van der Waals surface area contributed by atoms with Crippen molar-refractivity contribution in [3.05, 3.63) is 54.0 Å². The molecule has 0 aliphatic heterocycles. The third-order valence-corrected chi connectivity index (χ3v) is 3.63. The van der Waals surface area contributed by atoms with E-state index in [-0.39, 0.29) is 0 Å². The number of furan rings is 1. The third kappa shape index (κ3) is 7.30. The summed E-state index contributed by atoms with van der Waals surface area (Å²) in [6.07, 6.45) is 2.51. The van der Waals surface area contributed by atoms with Crippen LogP contribution >= 0.6 is 0 Å². The lowest BCUT2D eigenvalue weighted by Crippen LogP contribution is -2.37. The van der Waals surface area contributed by atoms with Gasteiger partial charge in [0.25, 0.3) is 0 Å². The first-order valence-corrected chi connectivity index (χ1v) is 8.51. The Bertz CT molecular complexity index is 639. The summed E-state index contributed by atoms with van der Waals surface area (Å²) in [6.45, 7) is 3.03. The van der Waals surface area contributed by atoms with Gasteiger partial charge in [0.1, 0.15) is 18.1 Å². The quantitative estimate of drug-likeness (QED) is 0.539. The van der Waals surface area contributed by atoms with Crippen LogP contribution in [0.15, 0.2) is 52.1 Å². The van der Waals surface area contributed by atoms with E-state index in [0.29, 0.717) is 13.2 Å². The van der Waals surface area contributed by atoms with Gasteiger partial charge in [-0.25, -0.2) is 0 Å². The van der Waals surface area contributed by atoms with Crippen LogP contribution in [-0.2, 0) is 13.0 Å². The molecule has 25 heavy (non-hydrogen) atoms. The Morgan fingerprint density at radius 3 is 2.80 bits per heavy atom. The van der Waals surface area contributed by atoms with E-state index in [0.717, 1.165) is 42.5 Å². The van der Waals surface area contributed by atoms with Gasteiger partial charge >= 0.3 is 0 Å². The number of hydrogen-bond acceptors (Lipinski definition) is 4. The minimum atomic E-state index is 0.680. The smallest absolute Gasteiger partial charge is 0.191 e. The van der Waals surface area contributed by atoms with Gasteiger partial charge in [0, 0.05) is 33.1 Å². The minimum Gasteiger partial charge on any atom is -0.492 e. The molecule has 0 aliphatic carbocycles. The number of hydrogen-bond donors (Lipinski definition) is 2. The molecule has 0 bridgehead atoms. The Morgan fingerprint density at radius 1 is 1.20 bits per heavy atom. The van der Waals surface area contributed by atoms with Gasteiger partial charge in [-0.3, -0.25) is 4.99 Å². The molecule has 0 unspecified atom stereocenters. The highest BCUT2D eigenvalue weighted by molar-refractivity contribution is 5.79. The maximum Gasteiger partial charge on any atom is 0.191 e. The van der Waals surface area contributed by atoms with Crippen molar-refractivity contribution in [1.82, 2.24) is 15.5 Å². The predicted octanol–water partition coefficient (Wildman–Crippen LogP) is 2.13. The van der Waals surface area contributed by atoms with Gasteiger partial charge in [0.15, 0.2) is 5.96 Å². The molecule has 0 spiro atoms. The Balaban J connectivity index is 1.74. The number of ether oxygens (including phenoxy) is 1. The number of nitrogens with one attached hydrogen (secondary N) is 2. The maximum atomic E-state index is 5.77. The average molecular weight is 344 g/mol. The number of benzene rings is 1. The summed E-state index contributed by atoms with van der Waals surface area (Å²) in [5.41, 5.74) is 1.15. The fraction of sp³-hybridized carbons (Fsp3) is 0.421. The van der Waals surface area contributed by atoms with Crippen molar-refractivity contribution in [2.75, 3.05) is 40.8 Å². The van der Waals surface area contributed by atoms with Gasteiger partial charge in [0.05, 0.1) is 6.26 Å². The Morgan fingerprint density at radius 2 is 2.08 bits per heavy atom. The number of aliphatic imine (C=N–C) groups is 1. The summed E-state index contributed by atoms with van der Waals surface area (Å²) in [5.74, 6) is 2.62. The average Bonchev–Trinajstić information content (AvgIpc) is 3.11. The van der Waals surface area contributed by atoms with Crippen LogP contribution < -0.4 is 15.4 Å². The van der Waals surface area contributed by atoms with Crippen LogP contribution in [0.25, 0.3) is 0 Å². The molecule has 2 N–H and O–H groups in total. The van der Waals surface area contributed by atoms with Crippen LogP contribution in [0.3, 0.4) is 0 Å². The number of rotatable bonds is 9. The number of likely N-dealkylation sites (N-methyl/N-ethyl adjacent to an activating group) is 1. The second-order valence-corrected chi connectivity index (χ2v) is 5.98. The van der Waals surface area contributed by atoms with E-state index in [1.165, 1.54) is 0 Å². The topological polar surface area (TPSA) is 62.0 Å². The van der Waals surface area contributed by atoms with Crippen LogP contribution in [0, 0.1) is 0 Å². The lowest BCUT2D eigenvalue weighted by molar-refractivity contribution is 0.261. The van der Waals surface area contributed by atoms with Crippen molar-refractivity contribution in [2.24, 2.45) is 4.99 Å². The monoisotopic (exact) mass is 344 g/mol. The van der Waals surface area contributed by atoms with E-state index in [1.807, 2.05) is 38.4 Å². The standard InChI is InChI=1S/C19H28N4O2/c1-20-19(21-10-9-17-8-5-12-24-17)22-15-16-6-4-7-18(14-16)25-13-11-23(2)3/h4-8,12,14H,9-11,13,15H2,1-3H3,(H2,20,21,22). The van der Waals surface area contributed by atoms with Gasteiger partial charge < -0.3 is 24.7 Å². The summed E-state index contributed by atoms with van der Waals surface area (Å²) in [5, 5.41) is 6.59. The second-order valence-electron chi connectivity index (χ2n) is 5.98. The SMILES string of the molecule is CN=C(NCCc1ccco1)NCc1cccc(OCCN(C)C)c1. The molecule has 0 saturated carbocycles. The van der Waals surface area contributed by atoms with Gasteiger partial charge in [-0.05, 0) is 43.9 Å². The van der Waals surface area contributed by atoms with Crippen molar-refractivity contribution in [1.29, 1.82) is 0 Å². The predicted molar refractivity (Wildman–Crippen MR) is 101 cm³/mol. The summed E-state index contributed by atoms with van der Waals surface area (Å²) in [4.78, 5) is 6.34. The fourth-order valence-electron chi connectivity index (χ4n) is 2.26. The van der Waals surface area contributed by atoms with Crippen LogP contribution in [0.1, 0.15) is 11.3 Å². The molecule has 0 aliphatic rings. The normalized spacial score (nSPS) is 11.6. The van der Waals surface area contributed by atoms with Gasteiger partial charge in [0.2, 0.25) is 0 Å². The van der Waals surface area contributed by atoms with Crippen LogP contribution in [0.5, 0.6) is 5.75 Å². The maximum absolute atomic E-state index is 5.77. The second kappa shape index (κ2) is 10.4. The minimum absolute atomic E-state index is 0.680. The zero-order valence-electron chi connectivity index (χ0n) is 15.3. The first-order chi connectivity index (χ1) is 12.2. The molecule has 6 heteroatoms. The summed E-state index contributed by atoms with van der Waals surface area (Å²) in [7, 11) is 5.84. The molecule has 2 aromatic rings. The van der Waals surface area contributed by atoms with Crippen LogP contribution in [0.2, 0.25) is 0 Å². The summed E-state index contributed by atoms with van der Waals surface area (Å²) < 4.78 is 11.1. The molecule has 2 rings (SSSR count). The first-order valence-electron chi connectivity index (χ1n) is 8.51. The zero-order valence-corrected chi connectivity index (χ0v) is 15.3. The van der Waals surface area contributed by atoms with Crippen LogP contribution in [0.4, 0.5) is 0 Å². The van der Waals surface area contributed by atoms with Crippen molar-refractivity contribution in [3.8, 4) is 5.75 Å². The molecule has 136 valence electrons. The molecule has 0 amide bonds. The van der Waals surface area contributed by atoms with E-state index in [2.05, 4.69) is 32.7 Å². The highest BCUT2D eigenvalue weighted by atomic mass is 16.5. The molecule has 1 heterocycles. The van der Waals surface area contributed by atoms with E-state index in [4.69, 9.17) is 9.15 Å². The highest BCUT2D eigenvalue weighted by Crippen LogP contribution is 2.13. The molecule has 6 nitrogen and oxygen atoms in total. The highest BCUT2D eigenvalue weighted by Gasteiger charge is 2.02. The molecule has 1 aromatic heterocycles. The van der Waals surface area contributed by atoms with Crippen molar-refractivity contribution < 1.29 is 9.15 Å². The van der Waals surface area contributed by atoms with Crippen LogP contribution in [-0.4, -0.2) is 51.7 Å². The van der Waals surface area contributed by atoms with Crippen molar-refractivity contribution in [3.63, 3.8) is 0 Å². The molecule has 0 fully saturated rings. The summed E-state index contributed by atoms with van der Waals surface area (Å²) in [6, 6.07) is 12.0. The third-order valence-electron chi connectivity index (χ3n) is 3.63. The zero-order chi connectivity index (χ0) is 17.9. The lowest BCUT2D eigenvalue weighted by atomic mass is 10.2. The number of guanidine groups is 1. The van der Waals surface area contributed by atoms with E-state index < -0.39 is 0 Å². The molecular weight excluding hydrogens is 316 g/mol. The Kier molecular flexibility index (Phi) is 7.85. The lowest BCUT2D eigenvalue weighted by Gasteiger charge is -2.13. The molecule has 1 aromatic carbocycles. The van der Waals surface area contributed by atoms with Gasteiger partial charge in [-0.1, -0.05) is 12.1 Å². The van der Waals surface area contributed by atoms with Gasteiger partial charge in [-0.15, -0.1) is 0 Å². The number of nitrogens with zero attached hydrogens (tertiary/aromatic N) is 2. The first kappa shape index (κ1) is 18.9. The van der Waals surface area contributed by atoms with E-state index >= 15 is 0 Å². The van der Waals surface area contributed by atoms with Crippen molar-refractivity contribution >= 4 is 5.96 Å². The Hall–Kier alpha value is -2.47. The van der Waals surface area contributed by atoms with E-state index in [9.17, 15) is 0 Å². The molecular formula is C19H28N4O2. The Labute approximate surface area is 149 Å². The molecule has 0 atom stereocenters. The largest absolute Gasteiger partial charge is 0.492 e. The summed E-state index contributed by atoms with van der Waals surface area (Å²) >= 11 is 0. The molecule has 0 radical (unpaired) electrons. The fourth-order valence-corrected chi connectivity index (χ4v) is 2.26.